The standard InChI is InChI=1S/C14H20N2O4S/c1-20-14(17)10-6-8-11(9-7-10)21(18,19)16-13-5-3-2-4-12(13)15/h6-9,12-13,16H,2-5,15H2,1H3/t12-,13-/m1/s1. The molecule has 0 bridgehead atoms. The largest absolute Gasteiger partial charge is 0.465 e. The number of esters is 1. The highest BCUT2D eigenvalue weighted by atomic mass is 32.2. The molecule has 0 spiro atoms. The van der Waals surface area contributed by atoms with E-state index in [1.807, 2.05) is 0 Å². The van der Waals surface area contributed by atoms with Crippen LogP contribution in [0.15, 0.2) is 29.2 Å². The van der Waals surface area contributed by atoms with E-state index in [4.69, 9.17) is 5.73 Å². The van der Waals surface area contributed by atoms with Crippen LogP contribution in [-0.4, -0.2) is 33.6 Å². The summed E-state index contributed by atoms with van der Waals surface area (Å²) >= 11 is 0. The number of hydrogen-bond donors (Lipinski definition) is 2. The third-order valence-corrected chi connectivity index (χ3v) is 5.22. The number of carbonyl (C=O) groups excluding carboxylic acids is 1. The Labute approximate surface area is 124 Å². The van der Waals surface area contributed by atoms with E-state index in [-0.39, 0.29) is 17.0 Å². The summed E-state index contributed by atoms with van der Waals surface area (Å²) in [5.41, 5.74) is 6.27. The molecule has 0 saturated heterocycles. The van der Waals surface area contributed by atoms with Crippen LogP contribution in [0.2, 0.25) is 0 Å². The van der Waals surface area contributed by atoms with Crippen molar-refractivity contribution in [2.45, 2.75) is 42.7 Å². The van der Waals surface area contributed by atoms with Gasteiger partial charge in [0.15, 0.2) is 0 Å². The van der Waals surface area contributed by atoms with Crippen molar-refractivity contribution in [2.75, 3.05) is 7.11 Å². The molecule has 1 aromatic rings. The Hall–Kier alpha value is -1.44. The summed E-state index contributed by atoms with van der Waals surface area (Å²) in [6.45, 7) is 0. The molecule has 6 nitrogen and oxygen atoms in total. The first-order valence-corrected chi connectivity index (χ1v) is 8.38. The minimum Gasteiger partial charge on any atom is -0.465 e. The van der Waals surface area contributed by atoms with Crippen molar-refractivity contribution in [3.63, 3.8) is 0 Å². The van der Waals surface area contributed by atoms with Crippen LogP contribution in [0.25, 0.3) is 0 Å². The summed E-state index contributed by atoms with van der Waals surface area (Å²) in [7, 11) is -2.35. The molecule has 1 fully saturated rings. The summed E-state index contributed by atoms with van der Waals surface area (Å²) in [6.07, 6.45) is 3.59. The van der Waals surface area contributed by atoms with Crippen LogP contribution >= 0.6 is 0 Å². The Morgan fingerprint density at radius 3 is 2.43 bits per heavy atom. The van der Waals surface area contributed by atoms with Gasteiger partial charge >= 0.3 is 5.97 Å². The maximum atomic E-state index is 12.3. The number of ether oxygens (including phenoxy) is 1. The van der Waals surface area contributed by atoms with Gasteiger partial charge in [-0.05, 0) is 37.1 Å². The Kier molecular flexibility index (Phi) is 4.97. The molecule has 1 aromatic carbocycles. The number of rotatable bonds is 4. The summed E-state index contributed by atoms with van der Waals surface area (Å²) < 4.78 is 31.9. The summed E-state index contributed by atoms with van der Waals surface area (Å²) in [5.74, 6) is -0.499. The summed E-state index contributed by atoms with van der Waals surface area (Å²) in [4.78, 5) is 11.4. The second-order valence-corrected chi connectivity index (χ2v) is 6.91. The lowest BCUT2D eigenvalue weighted by atomic mass is 9.92. The zero-order valence-electron chi connectivity index (χ0n) is 11.9. The molecule has 116 valence electrons. The second-order valence-electron chi connectivity index (χ2n) is 5.19. The van der Waals surface area contributed by atoms with Gasteiger partial charge in [-0.1, -0.05) is 12.8 Å². The molecule has 0 aliphatic heterocycles. The van der Waals surface area contributed by atoms with Gasteiger partial charge in [-0.2, -0.15) is 0 Å². The molecule has 0 unspecified atom stereocenters. The minimum absolute atomic E-state index is 0.118. The monoisotopic (exact) mass is 312 g/mol. The van der Waals surface area contributed by atoms with Gasteiger partial charge in [-0.15, -0.1) is 0 Å². The van der Waals surface area contributed by atoms with E-state index >= 15 is 0 Å². The van der Waals surface area contributed by atoms with Crippen LogP contribution < -0.4 is 10.5 Å². The van der Waals surface area contributed by atoms with Gasteiger partial charge in [0.05, 0.1) is 17.6 Å². The van der Waals surface area contributed by atoms with E-state index in [1.165, 1.54) is 31.4 Å². The lowest BCUT2D eigenvalue weighted by molar-refractivity contribution is 0.0600. The van der Waals surface area contributed by atoms with Crippen molar-refractivity contribution in [3.8, 4) is 0 Å². The van der Waals surface area contributed by atoms with Gasteiger partial charge in [-0.3, -0.25) is 0 Å². The Morgan fingerprint density at radius 1 is 1.24 bits per heavy atom. The van der Waals surface area contributed by atoms with Crippen molar-refractivity contribution < 1.29 is 17.9 Å². The van der Waals surface area contributed by atoms with Gasteiger partial charge in [0.2, 0.25) is 10.0 Å². The predicted octanol–water partition coefficient (Wildman–Crippen LogP) is 1.02. The van der Waals surface area contributed by atoms with E-state index in [0.29, 0.717) is 5.56 Å². The third kappa shape index (κ3) is 3.81. The molecule has 21 heavy (non-hydrogen) atoms. The van der Waals surface area contributed by atoms with Gasteiger partial charge in [0.25, 0.3) is 0 Å². The molecule has 0 amide bonds. The van der Waals surface area contributed by atoms with Crippen LogP contribution in [0.5, 0.6) is 0 Å². The quantitative estimate of drug-likeness (QED) is 0.809. The molecule has 3 N–H and O–H groups in total. The molecule has 1 aliphatic rings. The van der Waals surface area contributed by atoms with Crippen LogP contribution in [0.1, 0.15) is 36.0 Å². The van der Waals surface area contributed by atoms with Crippen molar-refractivity contribution in [2.24, 2.45) is 5.73 Å². The second kappa shape index (κ2) is 6.55. The third-order valence-electron chi connectivity index (χ3n) is 3.71. The highest BCUT2D eigenvalue weighted by Gasteiger charge is 2.27. The van der Waals surface area contributed by atoms with E-state index in [9.17, 15) is 13.2 Å². The number of nitrogens with one attached hydrogen (secondary N) is 1. The molecule has 7 heteroatoms. The molecule has 0 aromatic heterocycles. The first-order valence-electron chi connectivity index (χ1n) is 6.90. The van der Waals surface area contributed by atoms with Crippen molar-refractivity contribution in [1.29, 1.82) is 0 Å². The van der Waals surface area contributed by atoms with Crippen LogP contribution in [0.4, 0.5) is 0 Å². The maximum Gasteiger partial charge on any atom is 0.337 e. The highest BCUT2D eigenvalue weighted by Crippen LogP contribution is 2.19. The Balaban J connectivity index is 2.13. The lowest BCUT2D eigenvalue weighted by Gasteiger charge is -2.29. The summed E-state index contributed by atoms with van der Waals surface area (Å²) in [5, 5.41) is 0. The fourth-order valence-corrected chi connectivity index (χ4v) is 3.78. The normalized spacial score (nSPS) is 22.8. The number of benzene rings is 1. The lowest BCUT2D eigenvalue weighted by Crippen LogP contribution is -2.49. The van der Waals surface area contributed by atoms with Crippen LogP contribution in [0.3, 0.4) is 0 Å². The topological polar surface area (TPSA) is 98.5 Å². The zero-order chi connectivity index (χ0) is 15.5. The van der Waals surface area contributed by atoms with Gasteiger partial charge < -0.3 is 10.5 Å². The fourth-order valence-electron chi connectivity index (χ4n) is 2.46. The molecule has 1 aliphatic carbocycles. The number of nitrogens with two attached hydrogens (primary N) is 1. The highest BCUT2D eigenvalue weighted by molar-refractivity contribution is 7.89. The molecule has 2 rings (SSSR count). The van der Waals surface area contributed by atoms with Crippen LogP contribution in [-0.2, 0) is 14.8 Å². The van der Waals surface area contributed by atoms with Gasteiger partial charge in [0.1, 0.15) is 0 Å². The van der Waals surface area contributed by atoms with E-state index in [0.717, 1.165) is 25.7 Å². The number of hydrogen-bond acceptors (Lipinski definition) is 5. The van der Waals surface area contributed by atoms with Crippen LogP contribution in [0, 0.1) is 0 Å². The Morgan fingerprint density at radius 2 is 1.86 bits per heavy atom. The number of methoxy groups -OCH3 is 1. The predicted molar refractivity (Wildman–Crippen MR) is 78.3 cm³/mol. The average molecular weight is 312 g/mol. The van der Waals surface area contributed by atoms with Gasteiger partial charge in [0, 0.05) is 12.1 Å². The minimum atomic E-state index is -3.62. The number of carbonyl (C=O) groups is 1. The first kappa shape index (κ1) is 15.9. The Bertz CT molecular complexity index is 598. The average Bonchev–Trinajstić information content (AvgIpc) is 2.49. The van der Waals surface area contributed by atoms with Gasteiger partial charge in [-0.25, -0.2) is 17.9 Å². The molecule has 0 radical (unpaired) electrons. The van der Waals surface area contributed by atoms with Crippen molar-refractivity contribution >= 4 is 16.0 Å². The molecule has 1 saturated carbocycles. The van der Waals surface area contributed by atoms with E-state index in [2.05, 4.69) is 9.46 Å². The zero-order valence-corrected chi connectivity index (χ0v) is 12.7. The molecule has 0 heterocycles. The first-order chi connectivity index (χ1) is 9.94. The fraction of sp³-hybridized carbons (Fsp3) is 0.500. The molecular formula is C14H20N2O4S. The molecular weight excluding hydrogens is 292 g/mol. The molecule has 2 atom stereocenters. The van der Waals surface area contributed by atoms with Crippen molar-refractivity contribution in [1.82, 2.24) is 4.72 Å². The number of sulfonamides is 1. The van der Waals surface area contributed by atoms with E-state index in [1.54, 1.807) is 0 Å². The SMILES string of the molecule is COC(=O)c1ccc(S(=O)(=O)N[C@@H]2CCCC[C@H]2N)cc1. The smallest absolute Gasteiger partial charge is 0.337 e. The van der Waals surface area contributed by atoms with Crippen molar-refractivity contribution in [3.05, 3.63) is 29.8 Å². The maximum absolute atomic E-state index is 12.3. The summed E-state index contributed by atoms with van der Waals surface area (Å²) in [6, 6.07) is 5.26. The van der Waals surface area contributed by atoms with E-state index < -0.39 is 16.0 Å².